The molecule has 1 saturated heterocycles. The summed E-state index contributed by atoms with van der Waals surface area (Å²) in [5.41, 5.74) is 5.59. The van der Waals surface area contributed by atoms with Crippen LogP contribution < -0.4 is 5.73 Å². The topological polar surface area (TPSA) is 32.5 Å². The van der Waals surface area contributed by atoms with Crippen molar-refractivity contribution >= 4 is 0 Å². The average Bonchev–Trinajstić information content (AvgIpc) is 2.68. The predicted octanol–water partition coefficient (Wildman–Crippen LogP) is 2.56. The van der Waals surface area contributed by atoms with E-state index in [9.17, 15) is 0 Å². The van der Waals surface area contributed by atoms with Crippen LogP contribution in [-0.4, -0.2) is 55.1 Å². The van der Waals surface area contributed by atoms with Gasteiger partial charge < -0.3 is 10.6 Å². The third kappa shape index (κ3) is 4.71. The van der Waals surface area contributed by atoms with Crippen LogP contribution in [0.25, 0.3) is 0 Å². The van der Waals surface area contributed by atoms with Gasteiger partial charge in [-0.25, -0.2) is 0 Å². The summed E-state index contributed by atoms with van der Waals surface area (Å²) in [5.74, 6) is 1.85. The third-order valence-corrected chi connectivity index (χ3v) is 5.64. The van der Waals surface area contributed by atoms with E-state index in [2.05, 4.69) is 23.6 Å². The molecule has 1 aliphatic carbocycles. The minimum absolute atomic E-state index is 0.845. The number of nitrogens with two attached hydrogens (primary N) is 1. The predicted molar refractivity (Wildman–Crippen MR) is 86.9 cm³/mol. The van der Waals surface area contributed by atoms with Crippen molar-refractivity contribution in [1.82, 2.24) is 9.80 Å². The first-order valence-corrected chi connectivity index (χ1v) is 8.87. The second kappa shape index (κ2) is 8.35. The van der Waals surface area contributed by atoms with Gasteiger partial charge in [-0.15, -0.1) is 0 Å². The Bertz CT molecular complexity index is 269. The Labute approximate surface area is 125 Å². The molecule has 2 fully saturated rings. The van der Waals surface area contributed by atoms with E-state index in [0.29, 0.717) is 0 Å². The Balaban J connectivity index is 1.75. The lowest BCUT2D eigenvalue weighted by Gasteiger charge is -2.39. The molecule has 0 spiro atoms. The van der Waals surface area contributed by atoms with E-state index < -0.39 is 0 Å². The maximum Gasteiger partial charge on any atom is 0.0112 e. The van der Waals surface area contributed by atoms with Crippen molar-refractivity contribution in [2.45, 2.75) is 58.4 Å². The summed E-state index contributed by atoms with van der Waals surface area (Å²) in [6, 6.07) is 0.866. The first-order valence-electron chi connectivity index (χ1n) is 8.87. The van der Waals surface area contributed by atoms with Crippen LogP contribution in [-0.2, 0) is 0 Å². The molecule has 3 nitrogen and oxygen atoms in total. The highest BCUT2D eigenvalue weighted by Gasteiger charge is 2.29. The first-order chi connectivity index (χ1) is 9.70. The van der Waals surface area contributed by atoms with Gasteiger partial charge in [0.2, 0.25) is 0 Å². The zero-order chi connectivity index (χ0) is 14.4. The van der Waals surface area contributed by atoms with Crippen LogP contribution >= 0.6 is 0 Å². The van der Waals surface area contributed by atoms with Gasteiger partial charge in [0.1, 0.15) is 0 Å². The third-order valence-electron chi connectivity index (χ3n) is 5.64. The molecule has 0 amide bonds. The van der Waals surface area contributed by atoms with E-state index in [1.807, 2.05) is 0 Å². The van der Waals surface area contributed by atoms with E-state index in [1.54, 1.807) is 0 Å². The van der Waals surface area contributed by atoms with Crippen molar-refractivity contribution in [3.8, 4) is 0 Å². The zero-order valence-corrected chi connectivity index (χ0v) is 13.7. The molecule has 3 heteroatoms. The van der Waals surface area contributed by atoms with Crippen molar-refractivity contribution in [2.24, 2.45) is 17.6 Å². The van der Waals surface area contributed by atoms with Crippen LogP contribution in [0.15, 0.2) is 0 Å². The van der Waals surface area contributed by atoms with Gasteiger partial charge in [0.05, 0.1) is 0 Å². The maximum absolute atomic E-state index is 5.59. The lowest BCUT2D eigenvalue weighted by molar-refractivity contribution is 0.111. The maximum atomic E-state index is 5.59. The molecule has 118 valence electrons. The summed E-state index contributed by atoms with van der Waals surface area (Å²) in [7, 11) is 0. The van der Waals surface area contributed by atoms with Crippen molar-refractivity contribution in [2.75, 3.05) is 39.3 Å². The number of hydrogen-bond acceptors (Lipinski definition) is 3. The monoisotopic (exact) mass is 281 g/mol. The molecule has 2 rings (SSSR count). The molecule has 1 saturated carbocycles. The van der Waals surface area contributed by atoms with Crippen molar-refractivity contribution in [1.29, 1.82) is 0 Å². The lowest BCUT2D eigenvalue weighted by atomic mass is 9.78. The fourth-order valence-corrected chi connectivity index (χ4v) is 3.91. The molecule has 0 bridgehead atoms. The molecular formula is C17H35N3. The molecule has 1 heterocycles. The second-order valence-electron chi connectivity index (χ2n) is 7.15. The summed E-state index contributed by atoms with van der Waals surface area (Å²) in [5, 5.41) is 0. The number of unbranched alkanes of at least 4 members (excludes halogenated alkanes) is 1. The average molecular weight is 281 g/mol. The van der Waals surface area contributed by atoms with Gasteiger partial charge in [0.15, 0.2) is 0 Å². The molecule has 0 aromatic rings. The standard InChI is InChI=1S/C17H35N3/c1-15-6-7-17(14-16(15)2)20-11-5-10-19(12-13-20)9-4-3-8-18/h15-17H,3-14,18H2,1-2H3. The van der Waals surface area contributed by atoms with E-state index in [4.69, 9.17) is 5.73 Å². The largest absolute Gasteiger partial charge is 0.330 e. The van der Waals surface area contributed by atoms with Crippen molar-refractivity contribution in [3.05, 3.63) is 0 Å². The first kappa shape index (κ1) is 16.3. The Morgan fingerprint density at radius 3 is 2.55 bits per heavy atom. The highest BCUT2D eigenvalue weighted by molar-refractivity contribution is 4.83. The molecule has 3 atom stereocenters. The smallest absolute Gasteiger partial charge is 0.0112 e. The van der Waals surface area contributed by atoms with Crippen LogP contribution in [0, 0.1) is 11.8 Å². The minimum atomic E-state index is 0.845. The SMILES string of the molecule is CC1CCC(N2CCCN(CCCCN)CC2)CC1C. The molecular weight excluding hydrogens is 246 g/mol. The van der Waals surface area contributed by atoms with E-state index in [0.717, 1.165) is 24.4 Å². The summed E-state index contributed by atoms with van der Waals surface area (Å²) in [6.07, 6.45) is 8.09. The van der Waals surface area contributed by atoms with Gasteiger partial charge in [0.25, 0.3) is 0 Å². The van der Waals surface area contributed by atoms with Crippen LogP contribution in [0.5, 0.6) is 0 Å². The van der Waals surface area contributed by atoms with E-state index in [-0.39, 0.29) is 0 Å². The van der Waals surface area contributed by atoms with Gasteiger partial charge >= 0.3 is 0 Å². The van der Waals surface area contributed by atoms with Crippen molar-refractivity contribution in [3.63, 3.8) is 0 Å². The molecule has 3 unspecified atom stereocenters. The lowest BCUT2D eigenvalue weighted by Crippen LogP contribution is -2.42. The molecule has 0 aromatic heterocycles. The number of nitrogens with zero attached hydrogens (tertiary/aromatic N) is 2. The highest BCUT2D eigenvalue weighted by Crippen LogP contribution is 2.32. The van der Waals surface area contributed by atoms with Gasteiger partial charge in [-0.2, -0.15) is 0 Å². The summed E-state index contributed by atoms with van der Waals surface area (Å²) < 4.78 is 0. The minimum Gasteiger partial charge on any atom is -0.330 e. The summed E-state index contributed by atoms with van der Waals surface area (Å²) in [4.78, 5) is 5.45. The molecule has 2 N–H and O–H groups in total. The summed E-state index contributed by atoms with van der Waals surface area (Å²) >= 11 is 0. The zero-order valence-electron chi connectivity index (χ0n) is 13.7. The molecule has 0 aromatic carbocycles. The van der Waals surface area contributed by atoms with Crippen molar-refractivity contribution < 1.29 is 0 Å². The van der Waals surface area contributed by atoms with Crippen LogP contribution in [0.2, 0.25) is 0 Å². The van der Waals surface area contributed by atoms with E-state index >= 15 is 0 Å². The second-order valence-corrected chi connectivity index (χ2v) is 7.15. The quantitative estimate of drug-likeness (QED) is 0.786. The molecule has 2 aliphatic rings. The van der Waals surface area contributed by atoms with Crippen LogP contribution in [0.4, 0.5) is 0 Å². The fourth-order valence-electron chi connectivity index (χ4n) is 3.91. The molecule has 1 aliphatic heterocycles. The highest BCUT2D eigenvalue weighted by atomic mass is 15.2. The van der Waals surface area contributed by atoms with E-state index in [1.165, 1.54) is 71.2 Å². The Morgan fingerprint density at radius 1 is 0.950 bits per heavy atom. The Hall–Kier alpha value is -0.120. The van der Waals surface area contributed by atoms with Crippen LogP contribution in [0.1, 0.15) is 52.4 Å². The van der Waals surface area contributed by atoms with Gasteiger partial charge in [-0.1, -0.05) is 13.8 Å². The Kier molecular flexibility index (Phi) is 6.79. The molecule has 20 heavy (non-hydrogen) atoms. The van der Waals surface area contributed by atoms with Crippen LogP contribution in [0.3, 0.4) is 0 Å². The van der Waals surface area contributed by atoms with Gasteiger partial charge in [0, 0.05) is 19.1 Å². The number of rotatable bonds is 5. The van der Waals surface area contributed by atoms with Gasteiger partial charge in [-0.05, 0) is 76.5 Å². The summed E-state index contributed by atoms with van der Waals surface area (Å²) in [6.45, 7) is 12.1. The number of hydrogen-bond donors (Lipinski definition) is 1. The fraction of sp³-hybridized carbons (Fsp3) is 1.00. The molecule has 0 radical (unpaired) electrons. The normalized spacial score (nSPS) is 34.0. The Morgan fingerprint density at radius 2 is 1.80 bits per heavy atom. The van der Waals surface area contributed by atoms with Gasteiger partial charge in [-0.3, -0.25) is 4.90 Å².